The topological polar surface area (TPSA) is 60.4 Å². The highest BCUT2D eigenvalue weighted by Gasteiger charge is 2.42. The molecule has 5 rings (SSSR count). The minimum absolute atomic E-state index is 0.0414. The summed E-state index contributed by atoms with van der Waals surface area (Å²) in [6.07, 6.45) is 0. The Morgan fingerprint density at radius 1 is 1.23 bits per heavy atom. The first-order chi connectivity index (χ1) is 14.8. The molecule has 2 aromatic carbocycles. The maximum Gasteiger partial charge on any atom is 0.262 e. The lowest BCUT2D eigenvalue weighted by molar-refractivity contribution is -0.122. The number of anilines is 2. The number of hydrazone groups is 1. The second-order valence-electron chi connectivity index (χ2n) is 9.27. The highest BCUT2D eigenvalue weighted by atomic mass is 16.5. The van der Waals surface area contributed by atoms with Gasteiger partial charge < -0.3 is 19.4 Å². The van der Waals surface area contributed by atoms with Crippen LogP contribution in [0.5, 0.6) is 5.75 Å². The van der Waals surface area contributed by atoms with Crippen LogP contribution in [0, 0.1) is 6.92 Å². The second kappa shape index (κ2) is 6.99. The summed E-state index contributed by atoms with van der Waals surface area (Å²) >= 11 is 0. The Morgan fingerprint density at radius 2 is 1.94 bits per heavy atom. The Bertz CT molecular complexity index is 1070. The van der Waals surface area contributed by atoms with Crippen LogP contribution >= 0.6 is 0 Å². The van der Waals surface area contributed by atoms with E-state index in [0.29, 0.717) is 6.61 Å². The molecule has 3 aliphatic heterocycles. The summed E-state index contributed by atoms with van der Waals surface area (Å²) in [5.41, 5.74) is 8.17. The van der Waals surface area contributed by atoms with Crippen molar-refractivity contribution in [2.45, 2.75) is 32.4 Å². The molecule has 1 atom stereocenters. The highest BCUT2D eigenvalue weighted by molar-refractivity contribution is 6.10. The molecule has 3 aliphatic rings. The molecule has 0 spiro atoms. The number of hydrogen-bond acceptors (Lipinski definition) is 6. The number of benzene rings is 2. The van der Waals surface area contributed by atoms with E-state index in [1.54, 1.807) is 0 Å². The van der Waals surface area contributed by atoms with Crippen molar-refractivity contribution in [2.24, 2.45) is 5.10 Å². The smallest absolute Gasteiger partial charge is 0.262 e. The Kier molecular flexibility index (Phi) is 4.48. The van der Waals surface area contributed by atoms with E-state index in [1.165, 1.54) is 5.56 Å². The van der Waals surface area contributed by atoms with Crippen molar-refractivity contribution in [3.05, 3.63) is 42.0 Å². The molecular formula is C24H29N5O2. The number of likely N-dealkylation sites (tertiary alicyclic amines) is 1. The van der Waals surface area contributed by atoms with Gasteiger partial charge in [0.05, 0.1) is 11.2 Å². The molecule has 162 valence electrons. The lowest BCUT2D eigenvalue weighted by atomic mass is 9.89. The van der Waals surface area contributed by atoms with E-state index in [1.807, 2.05) is 11.8 Å². The van der Waals surface area contributed by atoms with Gasteiger partial charge in [0.15, 0.2) is 5.84 Å². The van der Waals surface area contributed by atoms with E-state index in [4.69, 9.17) is 4.74 Å². The number of ether oxygens (including phenoxy) is 1. The van der Waals surface area contributed by atoms with Crippen LogP contribution in [0.1, 0.15) is 19.4 Å². The molecule has 2 aromatic rings. The first kappa shape index (κ1) is 19.9. The molecule has 31 heavy (non-hydrogen) atoms. The van der Waals surface area contributed by atoms with Crippen LogP contribution in [-0.2, 0) is 4.79 Å². The van der Waals surface area contributed by atoms with Gasteiger partial charge in [0.1, 0.15) is 18.4 Å². The van der Waals surface area contributed by atoms with Crippen LogP contribution in [-0.4, -0.2) is 62.0 Å². The zero-order chi connectivity index (χ0) is 21.9. The number of amides is 1. The second-order valence-corrected chi connectivity index (χ2v) is 9.27. The number of likely N-dealkylation sites (N-methyl/N-ethyl adjacent to an activating group) is 2. The fourth-order valence-electron chi connectivity index (χ4n) is 4.92. The van der Waals surface area contributed by atoms with E-state index in [9.17, 15) is 4.79 Å². The third-order valence-corrected chi connectivity index (χ3v) is 6.79. The molecule has 0 aromatic heterocycles. The fourth-order valence-corrected chi connectivity index (χ4v) is 4.92. The largest absolute Gasteiger partial charge is 0.483 e. The average Bonchev–Trinajstić information content (AvgIpc) is 2.74. The third-order valence-electron chi connectivity index (χ3n) is 6.79. The molecule has 7 nitrogen and oxygen atoms in total. The van der Waals surface area contributed by atoms with Crippen LogP contribution in [0.3, 0.4) is 0 Å². The van der Waals surface area contributed by atoms with Gasteiger partial charge in [-0.15, -0.1) is 0 Å². The van der Waals surface area contributed by atoms with Gasteiger partial charge in [-0.25, -0.2) is 5.43 Å². The number of fused-ring (bicyclic) bond motifs is 3. The Morgan fingerprint density at radius 3 is 2.61 bits per heavy atom. The number of hydrogen-bond donors (Lipinski definition) is 1. The maximum atomic E-state index is 12.3. The summed E-state index contributed by atoms with van der Waals surface area (Å²) in [7, 11) is 4.31. The van der Waals surface area contributed by atoms with E-state index >= 15 is 0 Å². The first-order valence-electron chi connectivity index (χ1n) is 10.7. The molecule has 3 heterocycles. The SMILES string of the molecule is Cc1ccc(-c2cc3c(cc2N(C)C2(C)CN(C)C2)N2C(=NNC(=O)C2C)CO3)cc1. The van der Waals surface area contributed by atoms with Crippen LogP contribution < -0.4 is 20.0 Å². The van der Waals surface area contributed by atoms with Gasteiger partial charge in [-0.3, -0.25) is 4.79 Å². The monoisotopic (exact) mass is 419 g/mol. The van der Waals surface area contributed by atoms with Gasteiger partial charge in [0.25, 0.3) is 5.91 Å². The van der Waals surface area contributed by atoms with Crippen molar-refractivity contribution in [1.29, 1.82) is 0 Å². The number of nitrogens with one attached hydrogen (secondary N) is 1. The van der Waals surface area contributed by atoms with Crippen molar-refractivity contribution in [2.75, 3.05) is 43.6 Å². The third kappa shape index (κ3) is 3.15. The molecule has 1 fully saturated rings. The van der Waals surface area contributed by atoms with Crippen LogP contribution in [0.2, 0.25) is 0 Å². The van der Waals surface area contributed by atoms with Gasteiger partial charge in [0.2, 0.25) is 0 Å². The number of carbonyl (C=O) groups is 1. The Labute approximate surface area is 183 Å². The summed E-state index contributed by atoms with van der Waals surface area (Å²) < 4.78 is 6.09. The van der Waals surface area contributed by atoms with Crippen molar-refractivity contribution in [3.63, 3.8) is 0 Å². The highest BCUT2D eigenvalue weighted by Crippen LogP contribution is 2.45. The van der Waals surface area contributed by atoms with Crippen molar-refractivity contribution < 1.29 is 9.53 Å². The van der Waals surface area contributed by atoms with E-state index < -0.39 is 0 Å². The number of nitrogens with zero attached hydrogens (tertiary/aromatic N) is 4. The molecule has 0 aliphatic carbocycles. The zero-order valence-corrected chi connectivity index (χ0v) is 18.8. The number of aryl methyl sites for hydroxylation is 1. The van der Waals surface area contributed by atoms with Crippen LogP contribution in [0.4, 0.5) is 11.4 Å². The summed E-state index contributed by atoms with van der Waals surface area (Å²) in [6.45, 7) is 8.63. The predicted octanol–water partition coefficient (Wildman–Crippen LogP) is 2.83. The summed E-state index contributed by atoms with van der Waals surface area (Å²) in [4.78, 5) is 19.0. The molecule has 1 saturated heterocycles. The van der Waals surface area contributed by atoms with Crippen molar-refractivity contribution in [3.8, 4) is 16.9 Å². The van der Waals surface area contributed by atoms with Gasteiger partial charge in [0, 0.05) is 31.4 Å². The lowest BCUT2D eigenvalue weighted by Gasteiger charge is -2.53. The summed E-state index contributed by atoms with van der Waals surface area (Å²) in [6, 6.07) is 12.5. The molecule has 0 radical (unpaired) electrons. The van der Waals surface area contributed by atoms with E-state index in [-0.39, 0.29) is 17.5 Å². The molecule has 1 unspecified atom stereocenters. The number of carbonyl (C=O) groups excluding carboxylic acids is 1. The zero-order valence-electron chi connectivity index (χ0n) is 18.8. The first-order valence-corrected chi connectivity index (χ1v) is 10.7. The number of amidine groups is 1. The minimum atomic E-state index is -0.344. The van der Waals surface area contributed by atoms with Gasteiger partial charge >= 0.3 is 0 Å². The van der Waals surface area contributed by atoms with Crippen molar-refractivity contribution in [1.82, 2.24) is 10.3 Å². The molecule has 7 heteroatoms. The molecule has 0 bridgehead atoms. The van der Waals surface area contributed by atoms with Gasteiger partial charge in [-0.05, 0) is 45.5 Å². The van der Waals surface area contributed by atoms with Crippen LogP contribution in [0.15, 0.2) is 41.5 Å². The predicted molar refractivity (Wildman–Crippen MR) is 124 cm³/mol. The Balaban J connectivity index is 1.67. The quantitative estimate of drug-likeness (QED) is 0.829. The molecule has 0 saturated carbocycles. The normalized spacial score (nSPS) is 21.8. The summed E-state index contributed by atoms with van der Waals surface area (Å²) in [5.74, 6) is 1.40. The minimum Gasteiger partial charge on any atom is -0.483 e. The van der Waals surface area contributed by atoms with Gasteiger partial charge in [-0.2, -0.15) is 5.10 Å². The Hall–Kier alpha value is -3.06. The van der Waals surface area contributed by atoms with Crippen LogP contribution in [0.25, 0.3) is 11.1 Å². The summed E-state index contributed by atoms with van der Waals surface area (Å²) in [5, 5.41) is 4.23. The average molecular weight is 420 g/mol. The van der Waals surface area contributed by atoms with E-state index in [2.05, 4.69) is 84.7 Å². The van der Waals surface area contributed by atoms with E-state index in [0.717, 1.165) is 47.2 Å². The molecule has 1 N–H and O–H groups in total. The maximum absolute atomic E-state index is 12.3. The van der Waals surface area contributed by atoms with Gasteiger partial charge in [-0.1, -0.05) is 29.8 Å². The standard InChI is InChI=1S/C24H29N5O2/c1-15-6-8-17(9-7-15)18-10-21-20(11-19(18)28(5)24(3)13-27(4)14-24)29-16(2)23(30)26-25-22(29)12-31-21/h6-11,16H,12-14H2,1-5H3,(H,26,30). The number of rotatable bonds is 3. The van der Waals surface area contributed by atoms with Crippen molar-refractivity contribution >= 4 is 23.1 Å². The molecule has 1 amide bonds. The molecular weight excluding hydrogens is 390 g/mol. The lowest BCUT2D eigenvalue weighted by Crippen LogP contribution is -2.66. The fraction of sp³-hybridized carbons (Fsp3) is 0.417.